The second kappa shape index (κ2) is 8.04. The molecule has 1 aliphatic heterocycles. The molecule has 138 valence electrons. The monoisotopic (exact) mass is 349 g/mol. The number of benzene rings is 1. The van der Waals surface area contributed by atoms with Crippen molar-refractivity contribution in [2.24, 2.45) is 11.8 Å². The number of nitrogens with one attached hydrogen (secondary N) is 1. The summed E-state index contributed by atoms with van der Waals surface area (Å²) >= 11 is 0. The van der Waals surface area contributed by atoms with Crippen LogP contribution in [0.3, 0.4) is 0 Å². The molecule has 6 heteroatoms. The van der Waals surface area contributed by atoms with Gasteiger partial charge in [0.15, 0.2) is 0 Å². The Morgan fingerprint density at radius 3 is 2.76 bits per heavy atom. The first-order valence-electron chi connectivity index (χ1n) is 9.20. The van der Waals surface area contributed by atoms with Gasteiger partial charge in [0.05, 0.1) is 6.10 Å². The van der Waals surface area contributed by atoms with Gasteiger partial charge in [-0.05, 0) is 49.4 Å². The number of rotatable bonds is 5. The van der Waals surface area contributed by atoms with Crippen LogP contribution in [-0.4, -0.2) is 55.4 Å². The van der Waals surface area contributed by atoms with Crippen LogP contribution in [0.1, 0.15) is 25.7 Å². The van der Waals surface area contributed by atoms with Gasteiger partial charge in [-0.3, -0.25) is 0 Å². The fraction of sp³-hybridized carbons (Fsp3) is 0.632. The van der Waals surface area contributed by atoms with E-state index in [1.165, 1.54) is 12.1 Å². The fourth-order valence-electron chi connectivity index (χ4n) is 3.92. The molecule has 0 bridgehead atoms. The number of aliphatic hydroxyl groups excluding tert-OH is 1. The molecule has 5 nitrogen and oxygen atoms in total. The molecule has 1 aromatic rings. The molecule has 3 atom stereocenters. The van der Waals surface area contributed by atoms with Crippen LogP contribution in [0.5, 0.6) is 0 Å². The molecule has 3 unspecified atom stereocenters. The van der Waals surface area contributed by atoms with Gasteiger partial charge in [0, 0.05) is 44.8 Å². The lowest BCUT2D eigenvalue weighted by atomic mass is 10.1. The number of carbonyl (C=O) groups is 1. The Balaban J connectivity index is 1.41. The standard InChI is InChI=1S/C19H28FN3O2/c1-22(13-15-3-2-4-18(15)24)19(25)21-11-14-9-10-23(12-14)17-7-5-16(20)6-8-17/h5-8,14-15,18,24H,2-4,9-13H2,1H3,(H,21,25). The number of hydrogen-bond acceptors (Lipinski definition) is 3. The fourth-order valence-corrected chi connectivity index (χ4v) is 3.92. The average Bonchev–Trinajstić information content (AvgIpc) is 3.23. The van der Waals surface area contributed by atoms with Crippen molar-refractivity contribution in [3.8, 4) is 0 Å². The molecule has 1 aliphatic carbocycles. The number of amides is 2. The highest BCUT2D eigenvalue weighted by atomic mass is 19.1. The smallest absolute Gasteiger partial charge is 0.317 e. The molecule has 3 rings (SSSR count). The van der Waals surface area contributed by atoms with Gasteiger partial charge in [-0.25, -0.2) is 9.18 Å². The van der Waals surface area contributed by atoms with Gasteiger partial charge in [0.25, 0.3) is 0 Å². The summed E-state index contributed by atoms with van der Waals surface area (Å²) in [6, 6.07) is 6.50. The van der Waals surface area contributed by atoms with E-state index in [1.54, 1.807) is 24.1 Å². The normalized spacial score (nSPS) is 26.0. The number of urea groups is 1. The zero-order valence-corrected chi connectivity index (χ0v) is 14.8. The van der Waals surface area contributed by atoms with Crippen molar-refractivity contribution >= 4 is 11.7 Å². The first-order valence-corrected chi connectivity index (χ1v) is 9.20. The molecular weight excluding hydrogens is 321 g/mol. The van der Waals surface area contributed by atoms with Crippen molar-refractivity contribution in [1.29, 1.82) is 0 Å². The van der Waals surface area contributed by atoms with Crippen LogP contribution in [0.4, 0.5) is 14.9 Å². The quantitative estimate of drug-likeness (QED) is 0.859. The maximum Gasteiger partial charge on any atom is 0.317 e. The van der Waals surface area contributed by atoms with E-state index in [-0.39, 0.29) is 23.9 Å². The van der Waals surface area contributed by atoms with E-state index in [2.05, 4.69) is 10.2 Å². The Morgan fingerprint density at radius 2 is 2.08 bits per heavy atom. The van der Waals surface area contributed by atoms with Crippen LogP contribution >= 0.6 is 0 Å². The van der Waals surface area contributed by atoms with Crippen molar-refractivity contribution in [2.75, 3.05) is 38.1 Å². The van der Waals surface area contributed by atoms with Gasteiger partial charge in [-0.2, -0.15) is 0 Å². The van der Waals surface area contributed by atoms with Gasteiger partial charge < -0.3 is 20.2 Å². The Morgan fingerprint density at radius 1 is 1.32 bits per heavy atom. The summed E-state index contributed by atoms with van der Waals surface area (Å²) in [5.74, 6) is 0.387. The van der Waals surface area contributed by atoms with E-state index in [9.17, 15) is 14.3 Å². The highest BCUT2D eigenvalue weighted by Gasteiger charge is 2.28. The van der Waals surface area contributed by atoms with Crippen molar-refractivity contribution in [3.05, 3.63) is 30.1 Å². The third-order valence-electron chi connectivity index (χ3n) is 5.49. The van der Waals surface area contributed by atoms with E-state index in [4.69, 9.17) is 0 Å². The Kier molecular flexibility index (Phi) is 5.78. The lowest BCUT2D eigenvalue weighted by molar-refractivity contribution is 0.113. The molecule has 0 radical (unpaired) electrons. The minimum atomic E-state index is -0.269. The summed E-state index contributed by atoms with van der Waals surface area (Å²) < 4.78 is 13.0. The first kappa shape index (κ1) is 18.0. The summed E-state index contributed by atoms with van der Waals surface area (Å²) in [4.78, 5) is 16.2. The molecule has 0 aromatic heterocycles. The van der Waals surface area contributed by atoms with Crippen molar-refractivity contribution in [2.45, 2.75) is 31.8 Å². The average molecular weight is 349 g/mol. The molecule has 1 saturated carbocycles. The highest BCUT2D eigenvalue weighted by molar-refractivity contribution is 5.73. The Bertz CT molecular complexity index is 581. The summed E-state index contributed by atoms with van der Waals surface area (Å²) in [5.41, 5.74) is 1.03. The van der Waals surface area contributed by atoms with Gasteiger partial charge in [0.1, 0.15) is 5.82 Å². The number of carbonyl (C=O) groups excluding carboxylic acids is 1. The minimum Gasteiger partial charge on any atom is -0.393 e. The molecule has 1 saturated heterocycles. The zero-order chi connectivity index (χ0) is 17.8. The molecule has 0 spiro atoms. The maximum absolute atomic E-state index is 13.0. The highest BCUT2D eigenvalue weighted by Crippen LogP contribution is 2.26. The third-order valence-corrected chi connectivity index (χ3v) is 5.49. The third kappa shape index (κ3) is 4.63. The molecule has 25 heavy (non-hydrogen) atoms. The lowest BCUT2D eigenvalue weighted by Crippen LogP contribution is -2.43. The van der Waals surface area contributed by atoms with Gasteiger partial charge in [-0.1, -0.05) is 6.42 Å². The predicted octanol–water partition coefficient (Wildman–Crippen LogP) is 2.45. The molecule has 2 N–H and O–H groups in total. The van der Waals surface area contributed by atoms with Crippen LogP contribution in [-0.2, 0) is 0 Å². The van der Waals surface area contributed by atoms with E-state index >= 15 is 0 Å². The van der Waals surface area contributed by atoms with E-state index in [1.807, 2.05) is 0 Å². The largest absolute Gasteiger partial charge is 0.393 e. The van der Waals surface area contributed by atoms with Crippen LogP contribution in [0.15, 0.2) is 24.3 Å². The van der Waals surface area contributed by atoms with E-state index < -0.39 is 0 Å². The van der Waals surface area contributed by atoms with Crippen LogP contribution in [0.25, 0.3) is 0 Å². The summed E-state index contributed by atoms with van der Waals surface area (Å²) in [7, 11) is 1.79. The lowest BCUT2D eigenvalue weighted by Gasteiger charge is -2.24. The molecule has 2 aliphatic rings. The Labute approximate surface area is 148 Å². The number of hydrogen-bond donors (Lipinski definition) is 2. The molecule has 1 aromatic carbocycles. The van der Waals surface area contributed by atoms with Crippen LogP contribution in [0.2, 0.25) is 0 Å². The zero-order valence-electron chi connectivity index (χ0n) is 14.8. The number of aliphatic hydroxyl groups is 1. The van der Waals surface area contributed by atoms with Crippen LogP contribution < -0.4 is 10.2 Å². The summed E-state index contributed by atoms with van der Waals surface area (Å²) in [6.45, 7) is 3.06. The van der Waals surface area contributed by atoms with E-state index in [0.29, 0.717) is 19.0 Å². The second-order valence-electron chi connectivity index (χ2n) is 7.40. The SMILES string of the molecule is CN(CC1CCCC1O)C(=O)NCC1CCN(c2ccc(F)cc2)C1. The summed E-state index contributed by atoms with van der Waals surface area (Å²) in [6.07, 6.45) is 3.63. The number of nitrogens with zero attached hydrogens (tertiary/aromatic N) is 2. The first-order chi connectivity index (χ1) is 12.0. The number of anilines is 1. The molecule has 2 amide bonds. The van der Waals surface area contributed by atoms with Crippen molar-refractivity contribution in [1.82, 2.24) is 10.2 Å². The van der Waals surface area contributed by atoms with Gasteiger partial charge in [-0.15, -0.1) is 0 Å². The van der Waals surface area contributed by atoms with Gasteiger partial charge in [0.2, 0.25) is 0 Å². The second-order valence-corrected chi connectivity index (χ2v) is 7.40. The van der Waals surface area contributed by atoms with Gasteiger partial charge >= 0.3 is 6.03 Å². The summed E-state index contributed by atoms with van der Waals surface area (Å²) in [5, 5.41) is 12.9. The van der Waals surface area contributed by atoms with Crippen LogP contribution in [0, 0.1) is 17.7 Å². The molecule has 2 fully saturated rings. The number of halogens is 1. The van der Waals surface area contributed by atoms with E-state index in [0.717, 1.165) is 44.5 Å². The topological polar surface area (TPSA) is 55.8 Å². The molecular formula is C19H28FN3O2. The molecule has 1 heterocycles. The van der Waals surface area contributed by atoms with Crippen molar-refractivity contribution < 1.29 is 14.3 Å². The Hall–Kier alpha value is -1.82. The minimum absolute atomic E-state index is 0.0701. The van der Waals surface area contributed by atoms with Crippen molar-refractivity contribution in [3.63, 3.8) is 0 Å². The maximum atomic E-state index is 13.0. The predicted molar refractivity (Wildman–Crippen MR) is 96.1 cm³/mol.